The highest BCUT2D eigenvalue weighted by molar-refractivity contribution is 9.10. The van der Waals surface area contributed by atoms with Crippen LogP contribution in [0.5, 0.6) is 5.75 Å². The first kappa shape index (κ1) is 27.6. The van der Waals surface area contributed by atoms with E-state index in [9.17, 15) is 0 Å². The molecule has 0 N–H and O–H groups in total. The van der Waals surface area contributed by atoms with Gasteiger partial charge in [-0.3, -0.25) is 0 Å². The summed E-state index contributed by atoms with van der Waals surface area (Å²) in [5.74, 6) is 0.881. The van der Waals surface area contributed by atoms with Gasteiger partial charge < -0.3 is 4.74 Å². The van der Waals surface area contributed by atoms with Gasteiger partial charge in [0.2, 0.25) is 0 Å². The summed E-state index contributed by atoms with van der Waals surface area (Å²) in [6.07, 6.45) is 0. The number of methoxy groups -OCH3 is 1. The number of halogens is 1. The van der Waals surface area contributed by atoms with Gasteiger partial charge in [0.15, 0.2) is 0 Å². The Morgan fingerprint density at radius 3 is 1.17 bits per heavy atom. The van der Waals surface area contributed by atoms with E-state index in [-0.39, 0.29) is 0 Å². The summed E-state index contributed by atoms with van der Waals surface area (Å²) in [7, 11) is 0.0804. The van der Waals surface area contributed by atoms with Gasteiger partial charge in [-0.1, -0.05) is 162 Å². The third-order valence-electron chi connectivity index (χ3n) is 7.01. The van der Waals surface area contributed by atoms with Crippen molar-refractivity contribution in [2.75, 3.05) is 7.11 Å². The molecule has 41 heavy (non-hydrogen) atoms. The molecule has 6 rings (SSSR count). The maximum Gasteiger partial charge on any atom is 0.127 e. The molecule has 0 heterocycles. The molecule has 4 heteroatoms. The second kappa shape index (κ2) is 13.0. The lowest BCUT2D eigenvalue weighted by molar-refractivity contribution is 0.417. The summed E-state index contributed by atoms with van der Waals surface area (Å²) >= 11 is 4.02. The normalized spacial score (nSPS) is 11.1. The fraction of sp³-hybridized carbons (Fsp3) is 0.0270. The Morgan fingerprint density at radius 1 is 0.415 bits per heavy atom. The number of rotatable bonds is 8. The maximum absolute atomic E-state index is 6.16. The van der Waals surface area contributed by atoms with E-state index in [0.717, 1.165) is 15.8 Å². The fourth-order valence-corrected chi connectivity index (χ4v) is 10.9. The van der Waals surface area contributed by atoms with E-state index >= 15 is 0 Å². The van der Waals surface area contributed by atoms with Gasteiger partial charge in [0.25, 0.3) is 0 Å². The Bertz CT molecular complexity index is 1650. The van der Waals surface area contributed by atoms with E-state index in [1.165, 1.54) is 37.4 Å². The van der Waals surface area contributed by atoms with Gasteiger partial charge >= 0.3 is 0 Å². The largest absolute Gasteiger partial charge is 0.496 e. The van der Waals surface area contributed by atoms with Gasteiger partial charge in [-0.15, -0.1) is 0 Å². The first-order chi connectivity index (χ1) is 20.3. The predicted octanol–water partition coefficient (Wildman–Crippen LogP) is 7.64. The molecular weight excluding hydrogens is 602 g/mol. The van der Waals surface area contributed by atoms with Crippen LogP contribution in [0.25, 0.3) is 11.1 Å². The Balaban J connectivity index is 1.67. The van der Waals surface area contributed by atoms with E-state index in [0.29, 0.717) is 0 Å². The maximum atomic E-state index is 6.16. The second-order valence-electron chi connectivity index (χ2n) is 9.50. The topological polar surface area (TPSA) is 9.23 Å². The molecule has 6 aromatic rings. The minimum atomic E-state index is -0.859. The van der Waals surface area contributed by atoms with Crippen LogP contribution in [0.4, 0.5) is 0 Å². The molecule has 6 aromatic carbocycles. The van der Waals surface area contributed by atoms with Gasteiger partial charge in [-0.2, -0.15) is 0 Å². The van der Waals surface area contributed by atoms with E-state index in [1.807, 2.05) is 0 Å². The van der Waals surface area contributed by atoms with Gasteiger partial charge in [0.05, 0.1) is 7.11 Å². The summed E-state index contributed by atoms with van der Waals surface area (Å²) in [6, 6.07) is 56.7. The van der Waals surface area contributed by atoms with Crippen molar-refractivity contribution in [2.45, 2.75) is 0 Å². The Labute approximate surface area is 253 Å². The van der Waals surface area contributed by atoms with E-state index in [1.54, 1.807) is 7.11 Å². The summed E-state index contributed by atoms with van der Waals surface area (Å²) < 4.78 is 7.23. The molecule has 200 valence electrons. The molecule has 1 nitrogen and oxygen atoms in total. The molecule has 0 saturated heterocycles. The lowest BCUT2D eigenvalue weighted by atomic mass is 10.0. The molecule has 0 amide bonds. The predicted molar refractivity (Wildman–Crippen MR) is 184 cm³/mol. The lowest BCUT2D eigenvalue weighted by Crippen LogP contribution is -2.26. The zero-order valence-electron chi connectivity index (χ0n) is 22.7. The minimum Gasteiger partial charge on any atom is -0.496 e. The van der Waals surface area contributed by atoms with Crippen molar-refractivity contribution in [1.29, 1.82) is 0 Å². The van der Waals surface area contributed by atoms with Crippen molar-refractivity contribution >= 4 is 63.6 Å². The number of hydrogen-bond donors (Lipinski definition) is 0. The van der Waals surface area contributed by atoms with Crippen molar-refractivity contribution in [2.24, 2.45) is 0 Å². The first-order valence-corrected chi connectivity index (χ1v) is 17.0. The fourth-order valence-electron chi connectivity index (χ4n) is 5.24. The summed E-state index contributed by atoms with van der Waals surface area (Å²) in [5.41, 5.74) is 2.34. The highest BCUT2D eigenvalue weighted by atomic mass is 79.9. The Morgan fingerprint density at radius 2 is 0.780 bits per heavy atom. The SMILES string of the molecule is COc1cccc(P(c2ccccc2)c2ccccc2)c1-c1c(Br)cccc1P(c1ccccc1)c1ccccc1. The third kappa shape index (κ3) is 5.79. The van der Waals surface area contributed by atoms with Crippen molar-refractivity contribution in [1.82, 2.24) is 0 Å². The van der Waals surface area contributed by atoms with E-state index < -0.39 is 15.8 Å². The van der Waals surface area contributed by atoms with Crippen LogP contribution in [0.15, 0.2) is 162 Å². The first-order valence-electron chi connectivity index (χ1n) is 13.5. The molecule has 0 saturated carbocycles. The summed E-state index contributed by atoms with van der Waals surface area (Å²) in [4.78, 5) is 0. The van der Waals surface area contributed by atoms with Crippen LogP contribution < -0.4 is 36.6 Å². The van der Waals surface area contributed by atoms with Crippen molar-refractivity contribution in [3.63, 3.8) is 0 Å². The molecule has 0 unspecified atom stereocenters. The monoisotopic (exact) mass is 630 g/mol. The molecule has 0 aliphatic heterocycles. The average molecular weight is 631 g/mol. The third-order valence-corrected chi connectivity index (χ3v) is 12.6. The standard InChI is InChI=1S/C37H29BrOP2/c1-39-33-25-15-27-35(41(30-20-10-4-11-21-30)31-22-12-5-13-23-31)37(33)36-32(38)24-14-26-34(36)40(28-16-6-2-7-17-28)29-18-8-3-9-19-29/h2-27H,1H3. The van der Waals surface area contributed by atoms with Crippen molar-refractivity contribution in [3.05, 3.63) is 162 Å². The molecule has 0 radical (unpaired) electrons. The minimum absolute atomic E-state index is 0.843. The quantitative estimate of drug-likeness (QED) is 0.157. The molecule has 0 bridgehead atoms. The average Bonchev–Trinajstić information content (AvgIpc) is 3.04. The van der Waals surface area contributed by atoms with Crippen LogP contribution in [0, 0.1) is 0 Å². The zero-order chi connectivity index (χ0) is 28.0. The Hall–Kier alpha value is -3.54. The molecule has 0 fully saturated rings. The number of hydrogen-bond acceptors (Lipinski definition) is 1. The van der Waals surface area contributed by atoms with Gasteiger partial charge in [0, 0.05) is 15.6 Å². The van der Waals surface area contributed by atoms with E-state index in [4.69, 9.17) is 4.74 Å². The van der Waals surface area contributed by atoms with Gasteiger partial charge in [0.1, 0.15) is 5.75 Å². The van der Waals surface area contributed by atoms with Crippen molar-refractivity contribution in [3.8, 4) is 16.9 Å². The van der Waals surface area contributed by atoms with Crippen LogP contribution in [0.1, 0.15) is 0 Å². The van der Waals surface area contributed by atoms with Crippen molar-refractivity contribution < 1.29 is 4.74 Å². The van der Waals surface area contributed by atoms with Crippen LogP contribution >= 0.6 is 31.8 Å². The van der Waals surface area contributed by atoms with Crippen LogP contribution in [0.2, 0.25) is 0 Å². The smallest absolute Gasteiger partial charge is 0.127 e. The molecule has 0 aliphatic carbocycles. The van der Waals surface area contributed by atoms with Gasteiger partial charge in [-0.05, 0) is 59.8 Å². The van der Waals surface area contributed by atoms with Gasteiger partial charge in [-0.25, -0.2) is 0 Å². The van der Waals surface area contributed by atoms with Crippen LogP contribution in [0.3, 0.4) is 0 Å². The molecular formula is C37H29BrOP2. The summed E-state index contributed by atoms with van der Waals surface area (Å²) in [5, 5.41) is 7.83. The number of ether oxygens (including phenoxy) is 1. The zero-order valence-corrected chi connectivity index (χ0v) is 26.1. The Kier molecular flexibility index (Phi) is 8.74. The molecule has 0 aromatic heterocycles. The highest BCUT2D eigenvalue weighted by Crippen LogP contribution is 2.46. The summed E-state index contributed by atoms with van der Waals surface area (Å²) in [6.45, 7) is 0. The van der Waals surface area contributed by atoms with Crippen LogP contribution in [-0.4, -0.2) is 7.11 Å². The number of benzene rings is 6. The van der Waals surface area contributed by atoms with E-state index in [2.05, 4.69) is 174 Å². The molecule has 0 aliphatic rings. The lowest BCUT2D eigenvalue weighted by Gasteiger charge is -2.28. The molecule has 0 spiro atoms. The van der Waals surface area contributed by atoms with Crippen LogP contribution in [-0.2, 0) is 0 Å². The highest BCUT2D eigenvalue weighted by Gasteiger charge is 2.28. The molecule has 0 atom stereocenters. The second-order valence-corrected chi connectivity index (χ2v) is 14.7.